The van der Waals surface area contributed by atoms with Crippen molar-refractivity contribution in [2.45, 2.75) is 19.9 Å². The van der Waals surface area contributed by atoms with Crippen molar-refractivity contribution in [1.29, 1.82) is 0 Å². The number of hydrogen-bond acceptors (Lipinski definition) is 2. The highest BCUT2D eigenvalue weighted by atomic mass is 79.9. The van der Waals surface area contributed by atoms with E-state index in [0.717, 1.165) is 25.8 Å². The second-order valence-electron chi connectivity index (χ2n) is 4.59. The van der Waals surface area contributed by atoms with Gasteiger partial charge < -0.3 is 4.74 Å². The van der Waals surface area contributed by atoms with Crippen LogP contribution in [0.3, 0.4) is 0 Å². The largest absolute Gasteiger partial charge is 0.493 e. The van der Waals surface area contributed by atoms with Crippen molar-refractivity contribution in [2.75, 3.05) is 6.61 Å². The Morgan fingerprint density at radius 1 is 1.19 bits per heavy atom. The average Bonchev–Trinajstić information content (AvgIpc) is 2.46. The molecule has 0 bridgehead atoms. The quantitative estimate of drug-likeness (QED) is 0.571. The Labute approximate surface area is 142 Å². The lowest BCUT2D eigenvalue weighted by Crippen LogP contribution is -1.97. The summed E-state index contributed by atoms with van der Waals surface area (Å²) >= 11 is 7.05. The zero-order valence-corrected chi connectivity index (χ0v) is 15.2. The van der Waals surface area contributed by atoms with E-state index >= 15 is 0 Å². The molecular formula is C17H17Br2NO. The SMILES string of the molecule is CCOc1ccccc1/C=N/C(C)c1ccc(Br)cc1Br. The van der Waals surface area contributed by atoms with Crippen LogP contribution in [-0.2, 0) is 0 Å². The molecule has 2 rings (SSSR count). The summed E-state index contributed by atoms with van der Waals surface area (Å²) in [5.74, 6) is 0.867. The van der Waals surface area contributed by atoms with Crippen molar-refractivity contribution in [2.24, 2.45) is 4.99 Å². The van der Waals surface area contributed by atoms with Gasteiger partial charge in [-0.1, -0.05) is 50.1 Å². The van der Waals surface area contributed by atoms with Crippen LogP contribution in [0.4, 0.5) is 0 Å². The highest BCUT2D eigenvalue weighted by molar-refractivity contribution is 9.11. The number of aliphatic imine (C=N–C) groups is 1. The number of benzene rings is 2. The fourth-order valence-corrected chi connectivity index (χ4v) is 3.37. The van der Waals surface area contributed by atoms with E-state index in [1.54, 1.807) is 0 Å². The third-order valence-electron chi connectivity index (χ3n) is 3.07. The van der Waals surface area contributed by atoms with E-state index in [4.69, 9.17) is 4.74 Å². The Morgan fingerprint density at radius 3 is 2.67 bits per heavy atom. The van der Waals surface area contributed by atoms with Crippen molar-refractivity contribution in [3.05, 3.63) is 62.5 Å². The Hall–Kier alpha value is -1.13. The highest BCUT2D eigenvalue weighted by Gasteiger charge is 2.08. The first-order valence-electron chi connectivity index (χ1n) is 6.81. The lowest BCUT2D eigenvalue weighted by molar-refractivity contribution is 0.340. The van der Waals surface area contributed by atoms with Crippen molar-refractivity contribution in [3.8, 4) is 5.75 Å². The molecule has 0 saturated heterocycles. The van der Waals surface area contributed by atoms with Gasteiger partial charge in [0, 0.05) is 20.7 Å². The van der Waals surface area contributed by atoms with Crippen LogP contribution in [0.15, 0.2) is 56.4 Å². The number of hydrogen-bond donors (Lipinski definition) is 0. The molecule has 0 spiro atoms. The summed E-state index contributed by atoms with van der Waals surface area (Å²) in [6, 6.07) is 14.1. The second kappa shape index (κ2) is 7.76. The predicted molar refractivity (Wildman–Crippen MR) is 95.5 cm³/mol. The molecule has 110 valence electrons. The van der Waals surface area contributed by atoms with E-state index in [1.807, 2.05) is 49.5 Å². The minimum atomic E-state index is 0.0714. The van der Waals surface area contributed by atoms with Gasteiger partial charge >= 0.3 is 0 Å². The van der Waals surface area contributed by atoms with Gasteiger partial charge in [0.2, 0.25) is 0 Å². The fourth-order valence-electron chi connectivity index (χ4n) is 1.99. The van der Waals surface area contributed by atoms with Crippen LogP contribution in [0.2, 0.25) is 0 Å². The average molecular weight is 411 g/mol. The topological polar surface area (TPSA) is 21.6 Å². The summed E-state index contributed by atoms with van der Waals surface area (Å²) in [4.78, 5) is 4.65. The van der Waals surface area contributed by atoms with Crippen molar-refractivity contribution >= 4 is 38.1 Å². The molecule has 4 heteroatoms. The Balaban J connectivity index is 2.20. The van der Waals surface area contributed by atoms with Gasteiger partial charge in [-0.2, -0.15) is 0 Å². The molecule has 2 aromatic carbocycles. The molecule has 0 aliphatic carbocycles. The third kappa shape index (κ3) is 4.42. The zero-order chi connectivity index (χ0) is 15.2. The number of nitrogens with zero attached hydrogens (tertiary/aromatic N) is 1. The number of para-hydroxylation sites is 1. The van der Waals surface area contributed by atoms with Gasteiger partial charge in [-0.15, -0.1) is 0 Å². The van der Waals surface area contributed by atoms with E-state index in [2.05, 4.69) is 49.8 Å². The summed E-state index contributed by atoms with van der Waals surface area (Å²) in [6.45, 7) is 4.71. The lowest BCUT2D eigenvalue weighted by Gasteiger charge is -2.10. The van der Waals surface area contributed by atoms with Crippen molar-refractivity contribution < 1.29 is 4.74 Å². The molecule has 0 heterocycles. The maximum absolute atomic E-state index is 5.61. The molecule has 0 amide bonds. The molecule has 0 aliphatic heterocycles. The van der Waals surface area contributed by atoms with Crippen LogP contribution < -0.4 is 4.74 Å². The van der Waals surface area contributed by atoms with Gasteiger partial charge in [-0.3, -0.25) is 4.99 Å². The minimum absolute atomic E-state index is 0.0714. The summed E-state index contributed by atoms with van der Waals surface area (Å²) in [6.07, 6.45) is 1.88. The van der Waals surface area contributed by atoms with Gasteiger partial charge in [-0.05, 0) is 43.7 Å². The van der Waals surface area contributed by atoms with Crippen LogP contribution in [0, 0.1) is 0 Å². The molecule has 0 N–H and O–H groups in total. The highest BCUT2D eigenvalue weighted by Crippen LogP contribution is 2.29. The molecular weight excluding hydrogens is 394 g/mol. The normalized spacial score (nSPS) is 12.6. The van der Waals surface area contributed by atoms with Crippen molar-refractivity contribution in [3.63, 3.8) is 0 Å². The zero-order valence-electron chi connectivity index (χ0n) is 12.0. The molecule has 2 aromatic rings. The summed E-state index contributed by atoms with van der Waals surface area (Å²) in [7, 11) is 0. The molecule has 0 aromatic heterocycles. The number of rotatable bonds is 5. The van der Waals surface area contributed by atoms with Gasteiger partial charge in [0.05, 0.1) is 12.6 Å². The summed E-state index contributed by atoms with van der Waals surface area (Å²) < 4.78 is 7.71. The maximum atomic E-state index is 5.61. The molecule has 0 radical (unpaired) electrons. The monoisotopic (exact) mass is 409 g/mol. The number of ether oxygens (including phenoxy) is 1. The standard InChI is InChI=1S/C17H17Br2NO/c1-3-21-17-7-5-4-6-13(17)11-20-12(2)15-9-8-14(18)10-16(15)19/h4-12H,3H2,1-2H3/b20-11+. The maximum Gasteiger partial charge on any atom is 0.128 e. The Bertz CT molecular complexity index is 640. The van der Waals surface area contributed by atoms with E-state index < -0.39 is 0 Å². The molecule has 1 atom stereocenters. The molecule has 0 saturated carbocycles. The Kier molecular flexibility index (Phi) is 6.00. The smallest absolute Gasteiger partial charge is 0.128 e. The van der Waals surface area contributed by atoms with Gasteiger partial charge in [0.15, 0.2) is 0 Å². The van der Waals surface area contributed by atoms with Gasteiger partial charge in [-0.25, -0.2) is 0 Å². The molecule has 0 aliphatic rings. The first-order valence-corrected chi connectivity index (χ1v) is 8.40. The van der Waals surface area contributed by atoms with Crippen LogP contribution in [-0.4, -0.2) is 12.8 Å². The Morgan fingerprint density at radius 2 is 1.95 bits per heavy atom. The first-order chi connectivity index (χ1) is 10.1. The molecule has 0 fully saturated rings. The molecule has 2 nitrogen and oxygen atoms in total. The molecule has 21 heavy (non-hydrogen) atoms. The summed E-state index contributed by atoms with van der Waals surface area (Å²) in [5, 5.41) is 0. The second-order valence-corrected chi connectivity index (χ2v) is 6.36. The van der Waals surface area contributed by atoms with Crippen LogP contribution in [0.1, 0.15) is 31.0 Å². The first kappa shape index (κ1) is 16.2. The van der Waals surface area contributed by atoms with Crippen LogP contribution >= 0.6 is 31.9 Å². The van der Waals surface area contributed by atoms with E-state index in [9.17, 15) is 0 Å². The third-order valence-corrected chi connectivity index (χ3v) is 4.25. The van der Waals surface area contributed by atoms with Crippen LogP contribution in [0.5, 0.6) is 5.75 Å². The predicted octanol–water partition coefficient (Wildman–Crippen LogP) is 5.79. The fraction of sp³-hybridized carbons (Fsp3) is 0.235. The van der Waals surface area contributed by atoms with Gasteiger partial charge in [0.25, 0.3) is 0 Å². The van der Waals surface area contributed by atoms with E-state index in [0.29, 0.717) is 6.61 Å². The van der Waals surface area contributed by atoms with E-state index in [-0.39, 0.29) is 6.04 Å². The van der Waals surface area contributed by atoms with Crippen molar-refractivity contribution in [1.82, 2.24) is 0 Å². The minimum Gasteiger partial charge on any atom is -0.493 e. The molecule has 1 unspecified atom stereocenters. The number of halogens is 2. The lowest BCUT2D eigenvalue weighted by atomic mass is 10.1. The van der Waals surface area contributed by atoms with E-state index in [1.165, 1.54) is 0 Å². The van der Waals surface area contributed by atoms with Crippen LogP contribution in [0.25, 0.3) is 0 Å². The van der Waals surface area contributed by atoms with Gasteiger partial charge in [0.1, 0.15) is 5.75 Å². The summed E-state index contributed by atoms with van der Waals surface area (Å²) in [5.41, 5.74) is 2.16.